The molecule has 6 aromatic rings. The number of nitrogens with zero attached hydrogens (tertiary/aromatic N) is 4. The normalized spacial score (nSPS) is 19.5. The largest absolute Gasteiger partial charge is 0.508 e. The van der Waals surface area contributed by atoms with E-state index in [-0.39, 0.29) is 51.8 Å². The van der Waals surface area contributed by atoms with Gasteiger partial charge in [0, 0.05) is 47.6 Å². The molecule has 2 saturated heterocycles. The average molecular weight is 636 g/mol. The summed E-state index contributed by atoms with van der Waals surface area (Å²) in [4.78, 5) is 29.7. The number of halogens is 2. The fourth-order valence-electron chi connectivity index (χ4n) is 7.38. The van der Waals surface area contributed by atoms with Crippen LogP contribution in [0.5, 0.6) is 11.8 Å². The Bertz CT molecular complexity index is 2250. The smallest absolute Gasteiger partial charge is 0.349 e. The molecule has 0 spiro atoms. The van der Waals surface area contributed by atoms with Gasteiger partial charge in [-0.3, -0.25) is 9.88 Å². The molecule has 0 unspecified atom stereocenters. The molecule has 9 nitrogen and oxygen atoms in total. The summed E-state index contributed by atoms with van der Waals surface area (Å²) in [7, 11) is 0. The highest BCUT2D eigenvalue weighted by molar-refractivity contribution is 6.00. The molecule has 5 heterocycles. The number of aromatic nitrogens is 3. The number of anilines is 1. The van der Waals surface area contributed by atoms with E-state index in [1.165, 1.54) is 18.2 Å². The van der Waals surface area contributed by atoms with E-state index in [9.17, 15) is 14.3 Å². The van der Waals surface area contributed by atoms with Crippen molar-refractivity contribution in [3.63, 3.8) is 0 Å². The van der Waals surface area contributed by atoms with Crippen LogP contribution < -0.4 is 15.7 Å². The van der Waals surface area contributed by atoms with E-state index in [2.05, 4.69) is 20.2 Å². The molecule has 2 fully saturated rings. The molecular weight excluding hydrogens is 604 g/mol. The number of hydrogen-bond acceptors (Lipinski definition) is 9. The second-order valence-electron chi connectivity index (χ2n) is 12.5. The molecule has 2 aliphatic heterocycles. The third kappa shape index (κ3) is 5.01. The van der Waals surface area contributed by atoms with E-state index in [4.69, 9.17) is 14.1 Å². The summed E-state index contributed by atoms with van der Waals surface area (Å²) in [5, 5.41) is 15.5. The second kappa shape index (κ2) is 11.3. The van der Waals surface area contributed by atoms with Gasteiger partial charge in [0.05, 0.1) is 16.6 Å². The highest BCUT2D eigenvalue weighted by Gasteiger charge is 2.49. The first-order valence-electron chi connectivity index (χ1n) is 15.7. The Morgan fingerprint density at radius 1 is 1.13 bits per heavy atom. The maximum Gasteiger partial charge on any atom is 0.349 e. The lowest BCUT2D eigenvalue weighted by molar-refractivity contribution is 0.107. The summed E-state index contributed by atoms with van der Waals surface area (Å²) in [5.74, 6) is -0.360. The predicted molar refractivity (Wildman–Crippen MR) is 175 cm³/mol. The number of phenolic OH excluding ortho intramolecular Hbond substituents is 1. The van der Waals surface area contributed by atoms with Crippen LogP contribution in [-0.2, 0) is 6.54 Å². The van der Waals surface area contributed by atoms with Crippen molar-refractivity contribution in [1.29, 1.82) is 0 Å². The Labute approximate surface area is 267 Å². The van der Waals surface area contributed by atoms with Gasteiger partial charge in [-0.25, -0.2) is 13.6 Å². The maximum absolute atomic E-state index is 15.2. The summed E-state index contributed by atoms with van der Waals surface area (Å²) in [5.41, 5.74) is 1.50. The molecule has 8 rings (SSSR count). The standard InChI is InChI=1S/C36H31F2N5O4/c1-20-31-30(34(45)47-32(20)26-15-24(44)14-21-6-2-9-27(38)29(21)26)33(40-17-22-7-3-10-28-25(22)8-4-12-39-28)42-35(41-31)46-19-36-11-5-13-43(36)18-23(37)16-36/h2-4,6-10,12,14-15,23,44H,5,11,13,16-19H2,1H3,(H,40,41,42)/t23-,36+/m1/s1. The summed E-state index contributed by atoms with van der Waals surface area (Å²) < 4.78 is 41.8. The highest BCUT2D eigenvalue weighted by Crippen LogP contribution is 2.41. The molecule has 2 aliphatic rings. The predicted octanol–water partition coefficient (Wildman–Crippen LogP) is 6.67. The van der Waals surface area contributed by atoms with E-state index < -0.39 is 23.2 Å². The molecule has 0 saturated carbocycles. The van der Waals surface area contributed by atoms with Crippen LogP contribution in [0.15, 0.2) is 76.1 Å². The number of aromatic hydroxyl groups is 1. The van der Waals surface area contributed by atoms with Crippen LogP contribution in [0.2, 0.25) is 0 Å². The molecule has 3 aromatic carbocycles. The zero-order valence-electron chi connectivity index (χ0n) is 25.6. The summed E-state index contributed by atoms with van der Waals surface area (Å²) in [6.45, 7) is 3.41. The lowest BCUT2D eigenvalue weighted by Gasteiger charge is -2.30. The second-order valence-corrected chi connectivity index (χ2v) is 12.5. The number of aryl methyl sites for hydroxylation is 1. The number of alkyl halides is 1. The zero-order valence-corrected chi connectivity index (χ0v) is 25.6. The van der Waals surface area contributed by atoms with Crippen LogP contribution in [0, 0.1) is 12.7 Å². The molecule has 0 amide bonds. The van der Waals surface area contributed by atoms with E-state index in [1.807, 2.05) is 30.3 Å². The minimum absolute atomic E-state index is 0.0229. The highest BCUT2D eigenvalue weighted by atomic mass is 19.1. The van der Waals surface area contributed by atoms with E-state index in [1.54, 1.807) is 25.3 Å². The van der Waals surface area contributed by atoms with Crippen molar-refractivity contribution in [2.24, 2.45) is 0 Å². The topological polar surface area (TPSA) is 114 Å². The Morgan fingerprint density at radius 3 is 2.89 bits per heavy atom. The first-order chi connectivity index (χ1) is 22.8. The number of benzene rings is 3. The van der Waals surface area contributed by atoms with Gasteiger partial charge < -0.3 is 19.6 Å². The SMILES string of the molecule is Cc1c(-c2cc(O)cc3cccc(F)c23)oc(=O)c2c(NCc3cccc4ncccc34)nc(OC[C@@]34CCCN3C[C@H](F)C4)nc12. The lowest BCUT2D eigenvalue weighted by atomic mass is 9.95. The van der Waals surface area contributed by atoms with Crippen molar-refractivity contribution in [2.75, 3.05) is 25.0 Å². The average Bonchev–Trinajstić information content (AvgIpc) is 3.59. The number of hydrogen-bond donors (Lipinski definition) is 2. The minimum Gasteiger partial charge on any atom is -0.508 e. The first-order valence-corrected chi connectivity index (χ1v) is 15.7. The Hall–Kier alpha value is -5.16. The molecule has 2 atom stereocenters. The van der Waals surface area contributed by atoms with Crippen LogP contribution in [0.4, 0.5) is 14.6 Å². The van der Waals surface area contributed by atoms with Gasteiger partial charge in [-0.1, -0.05) is 30.3 Å². The molecule has 0 radical (unpaired) electrons. The van der Waals surface area contributed by atoms with Gasteiger partial charge in [-0.05, 0) is 67.6 Å². The monoisotopic (exact) mass is 635 g/mol. The Morgan fingerprint density at radius 2 is 2.00 bits per heavy atom. The maximum atomic E-state index is 15.2. The molecule has 0 aliphatic carbocycles. The quantitative estimate of drug-likeness (QED) is 0.199. The van der Waals surface area contributed by atoms with Crippen molar-refractivity contribution < 1.29 is 23.0 Å². The van der Waals surface area contributed by atoms with Gasteiger partial charge in [-0.15, -0.1) is 0 Å². The number of fused-ring (bicyclic) bond motifs is 4. The molecule has 0 bridgehead atoms. The molecule has 238 valence electrons. The number of rotatable bonds is 7. The number of nitrogens with one attached hydrogen (secondary N) is 1. The van der Waals surface area contributed by atoms with Crippen molar-refractivity contribution in [1.82, 2.24) is 19.9 Å². The molecule has 11 heteroatoms. The zero-order chi connectivity index (χ0) is 32.3. The first kappa shape index (κ1) is 29.3. The van der Waals surface area contributed by atoms with Gasteiger partial charge in [0.1, 0.15) is 41.3 Å². The molecular formula is C36H31F2N5O4. The van der Waals surface area contributed by atoms with Gasteiger partial charge in [-0.2, -0.15) is 9.97 Å². The summed E-state index contributed by atoms with van der Waals surface area (Å²) in [6.07, 6.45) is 2.96. The Kier molecular flexibility index (Phi) is 7.02. The number of ether oxygens (including phenoxy) is 1. The minimum atomic E-state index is -0.921. The number of phenols is 1. The fourth-order valence-corrected chi connectivity index (χ4v) is 7.38. The Balaban J connectivity index is 1.26. The van der Waals surface area contributed by atoms with Crippen LogP contribution in [-0.4, -0.2) is 56.4 Å². The van der Waals surface area contributed by atoms with Crippen molar-refractivity contribution >= 4 is 38.4 Å². The van der Waals surface area contributed by atoms with E-state index in [0.717, 1.165) is 35.9 Å². The van der Waals surface area contributed by atoms with Gasteiger partial charge in [0.25, 0.3) is 0 Å². The third-order valence-corrected chi connectivity index (χ3v) is 9.55. The van der Waals surface area contributed by atoms with Crippen LogP contribution in [0.3, 0.4) is 0 Å². The van der Waals surface area contributed by atoms with Crippen LogP contribution >= 0.6 is 0 Å². The fraction of sp³-hybridized carbons (Fsp3) is 0.278. The van der Waals surface area contributed by atoms with E-state index >= 15 is 4.39 Å². The van der Waals surface area contributed by atoms with E-state index in [0.29, 0.717) is 30.5 Å². The van der Waals surface area contributed by atoms with Gasteiger partial charge in [0.15, 0.2) is 0 Å². The van der Waals surface area contributed by atoms with Gasteiger partial charge in [0.2, 0.25) is 0 Å². The lowest BCUT2D eigenvalue weighted by Crippen LogP contribution is -2.43. The van der Waals surface area contributed by atoms with Crippen LogP contribution in [0.25, 0.3) is 43.9 Å². The van der Waals surface area contributed by atoms with Crippen molar-refractivity contribution in [2.45, 2.75) is 44.4 Å². The molecule has 47 heavy (non-hydrogen) atoms. The number of pyridine rings is 1. The summed E-state index contributed by atoms with van der Waals surface area (Å²) in [6, 6.07) is 17.0. The third-order valence-electron chi connectivity index (χ3n) is 9.55. The van der Waals surface area contributed by atoms with Crippen molar-refractivity contribution in [3.05, 3.63) is 94.2 Å². The van der Waals surface area contributed by atoms with Crippen LogP contribution in [0.1, 0.15) is 30.4 Å². The molecule has 2 N–H and O–H groups in total. The van der Waals surface area contributed by atoms with Gasteiger partial charge >= 0.3 is 11.6 Å². The van der Waals surface area contributed by atoms with Crippen molar-refractivity contribution in [3.8, 4) is 23.1 Å². The molecule has 3 aromatic heterocycles. The summed E-state index contributed by atoms with van der Waals surface area (Å²) >= 11 is 0.